The summed E-state index contributed by atoms with van der Waals surface area (Å²) in [6, 6.07) is 51.6. The van der Waals surface area contributed by atoms with E-state index >= 15 is 0 Å². The molecule has 0 amide bonds. The zero-order valence-electron chi connectivity index (χ0n) is 26.8. The summed E-state index contributed by atoms with van der Waals surface area (Å²) in [6.07, 6.45) is 8.98. The SMILES string of the molecule is C1=CC2=C(C=C(c3ccc(N(c4ccc(-c5nc6ccccc6o5)cc4)c4ccc(-n5c6ccccc6c6ccccc65)cc4)cc3)C2)C1. The van der Waals surface area contributed by atoms with Crippen molar-refractivity contribution in [2.75, 3.05) is 4.90 Å². The maximum atomic E-state index is 6.08. The Morgan fingerprint density at radius 3 is 1.82 bits per heavy atom. The van der Waals surface area contributed by atoms with Crippen LogP contribution in [0.4, 0.5) is 17.1 Å². The lowest BCUT2D eigenvalue weighted by molar-refractivity contribution is 0.620. The number of oxazole rings is 1. The van der Waals surface area contributed by atoms with Gasteiger partial charge in [-0.05, 0) is 120 Å². The highest BCUT2D eigenvalue weighted by molar-refractivity contribution is 6.09. The summed E-state index contributed by atoms with van der Waals surface area (Å²) in [5.74, 6) is 0.624. The Labute approximate surface area is 284 Å². The van der Waals surface area contributed by atoms with Crippen molar-refractivity contribution >= 4 is 55.5 Å². The quantitative estimate of drug-likeness (QED) is 0.184. The van der Waals surface area contributed by atoms with Crippen LogP contribution in [0.5, 0.6) is 0 Å². The molecule has 4 nitrogen and oxygen atoms in total. The Morgan fingerprint density at radius 2 is 1.16 bits per heavy atom. The first-order chi connectivity index (χ1) is 24.3. The third-order valence-corrected chi connectivity index (χ3v) is 9.91. The van der Waals surface area contributed by atoms with E-state index in [1.165, 1.54) is 44.1 Å². The smallest absolute Gasteiger partial charge is 0.227 e. The average molecular weight is 630 g/mol. The van der Waals surface area contributed by atoms with Crippen LogP contribution in [-0.2, 0) is 0 Å². The van der Waals surface area contributed by atoms with Crippen LogP contribution < -0.4 is 4.90 Å². The molecule has 0 spiro atoms. The van der Waals surface area contributed by atoms with Gasteiger partial charge in [0, 0.05) is 39.1 Å². The van der Waals surface area contributed by atoms with Crippen molar-refractivity contribution in [2.24, 2.45) is 0 Å². The van der Waals surface area contributed by atoms with Gasteiger partial charge in [-0.15, -0.1) is 0 Å². The molecule has 0 atom stereocenters. The van der Waals surface area contributed by atoms with Gasteiger partial charge >= 0.3 is 0 Å². The summed E-state index contributed by atoms with van der Waals surface area (Å²) in [6.45, 7) is 0. The normalized spacial score (nSPS) is 13.9. The van der Waals surface area contributed by atoms with Gasteiger partial charge in [0.1, 0.15) is 5.52 Å². The molecule has 0 aliphatic heterocycles. The van der Waals surface area contributed by atoms with Crippen LogP contribution in [0.2, 0.25) is 0 Å². The summed E-state index contributed by atoms with van der Waals surface area (Å²) < 4.78 is 8.44. The van der Waals surface area contributed by atoms with Crippen LogP contribution in [0.25, 0.3) is 55.6 Å². The summed E-state index contributed by atoms with van der Waals surface area (Å²) >= 11 is 0. The lowest BCUT2D eigenvalue weighted by Gasteiger charge is -2.26. The minimum absolute atomic E-state index is 0.624. The molecule has 10 rings (SSSR count). The molecule has 2 heterocycles. The number of allylic oxidation sites excluding steroid dienone is 6. The molecule has 0 unspecified atom stereocenters. The predicted octanol–water partition coefficient (Wildman–Crippen LogP) is 12.1. The van der Waals surface area contributed by atoms with Gasteiger partial charge in [0.2, 0.25) is 5.89 Å². The molecule has 2 aliphatic carbocycles. The summed E-state index contributed by atoms with van der Waals surface area (Å²) in [4.78, 5) is 7.04. The van der Waals surface area contributed by atoms with Gasteiger partial charge in [0.15, 0.2) is 5.58 Å². The van der Waals surface area contributed by atoms with Crippen molar-refractivity contribution in [3.8, 4) is 17.1 Å². The summed E-state index contributed by atoms with van der Waals surface area (Å²) in [5.41, 5.74) is 15.0. The number of fused-ring (bicyclic) bond motifs is 4. The van der Waals surface area contributed by atoms with Gasteiger partial charge in [-0.3, -0.25) is 0 Å². The Bertz CT molecular complexity index is 2550. The van der Waals surface area contributed by atoms with Gasteiger partial charge in [0.25, 0.3) is 0 Å². The van der Waals surface area contributed by atoms with Crippen LogP contribution in [-0.4, -0.2) is 9.55 Å². The number of benzene rings is 6. The van der Waals surface area contributed by atoms with E-state index in [-0.39, 0.29) is 0 Å². The first-order valence-corrected chi connectivity index (χ1v) is 16.8. The van der Waals surface area contributed by atoms with Gasteiger partial charge in [-0.1, -0.05) is 78.9 Å². The Hall–Kier alpha value is -6.39. The number of para-hydroxylation sites is 4. The van der Waals surface area contributed by atoms with Crippen LogP contribution in [0.1, 0.15) is 18.4 Å². The number of aromatic nitrogens is 2. The fourth-order valence-corrected chi connectivity index (χ4v) is 7.51. The Morgan fingerprint density at radius 1 is 0.571 bits per heavy atom. The second-order valence-electron chi connectivity index (χ2n) is 12.8. The van der Waals surface area contributed by atoms with Crippen molar-refractivity contribution in [2.45, 2.75) is 12.8 Å². The van der Waals surface area contributed by atoms with Crippen LogP contribution >= 0.6 is 0 Å². The number of anilines is 3. The monoisotopic (exact) mass is 629 g/mol. The molecule has 232 valence electrons. The van der Waals surface area contributed by atoms with E-state index in [1.807, 2.05) is 24.3 Å². The van der Waals surface area contributed by atoms with Gasteiger partial charge in [-0.2, -0.15) is 0 Å². The van der Waals surface area contributed by atoms with E-state index in [1.54, 1.807) is 0 Å². The molecule has 0 saturated carbocycles. The van der Waals surface area contributed by atoms with Crippen molar-refractivity contribution in [1.82, 2.24) is 9.55 Å². The molecule has 0 radical (unpaired) electrons. The minimum Gasteiger partial charge on any atom is -0.436 e. The van der Waals surface area contributed by atoms with Gasteiger partial charge in [0.05, 0.1) is 11.0 Å². The molecule has 0 saturated heterocycles. The van der Waals surface area contributed by atoms with Crippen molar-refractivity contribution in [1.29, 1.82) is 0 Å². The number of rotatable bonds is 6. The first kappa shape index (κ1) is 27.7. The van der Waals surface area contributed by atoms with Gasteiger partial charge in [-0.25, -0.2) is 4.98 Å². The van der Waals surface area contributed by atoms with E-state index in [2.05, 4.69) is 149 Å². The van der Waals surface area contributed by atoms with Crippen molar-refractivity contribution in [3.05, 3.63) is 181 Å². The van der Waals surface area contributed by atoms with E-state index < -0.39 is 0 Å². The van der Waals surface area contributed by atoms with Crippen LogP contribution in [0.3, 0.4) is 0 Å². The molecule has 4 heteroatoms. The molecule has 0 fully saturated rings. The molecule has 0 N–H and O–H groups in total. The molecule has 2 aliphatic rings. The average Bonchev–Trinajstić information content (AvgIpc) is 3.95. The lowest BCUT2D eigenvalue weighted by Crippen LogP contribution is -2.10. The fourth-order valence-electron chi connectivity index (χ4n) is 7.51. The zero-order valence-corrected chi connectivity index (χ0v) is 26.8. The van der Waals surface area contributed by atoms with E-state index in [0.717, 1.165) is 52.3 Å². The fraction of sp³-hybridized carbons (Fsp3) is 0.0444. The zero-order chi connectivity index (χ0) is 32.3. The molecule has 2 aromatic heterocycles. The van der Waals surface area contributed by atoms with Crippen LogP contribution in [0, 0.1) is 0 Å². The van der Waals surface area contributed by atoms with E-state index in [9.17, 15) is 0 Å². The molecule has 6 aromatic carbocycles. The highest BCUT2D eigenvalue weighted by atomic mass is 16.3. The predicted molar refractivity (Wildman–Crippen MR) is 202 cm³/mol. The van der Waals surface area contributed by atoms with Crippen LogP contribution in [0.15, 0.2) is 179 Å². The van der Waals surface area contributed by atoms with E-state index in [4.69, 9.17) is 9.40 Å². The second kappa shape index (κ2) is 11.1. The molecule has 0 bridgehead atoms. The van der Waals surface area contributed by atoms with Gasteiger partial charge < -0.3 is 13.9 Å². The third kappa shape index (κ3) is 4.64. The number of hydrogen-bond donors (Lipinski definition) is 0. The molecule has 8 aromatic rings. The summed E-state index contributed by atoms with van der Waals surface area (Å²) in [5, 5.41) is 2.52. The van der Waals surface area contributed by atoms with Crippen molar-refractivity contribution in [3.63, 3.8) is 0 Å². The van der Waals surface area contributed by atoms with Crippen molar-refractivity contribution < 1.29 is 4.42 Å². The first-order valence-electron chi connectivity index (χ1n) is 16.8. The third-order valence-electron chi connectivity index (χ3n) is 9.91. The molecular formula is C45H31N3O. The molecular weight excluding hydrogens is 599 g/mol. The summed E-state index contributed by atoms with van der Waals surface area (Å²) in [7, 11) is 0. The number of nitrogens with zero attached hydrogens (tertiary/aromatic N) is 3. The second-order valence-corrected chi connectivity index (χ2v) is 12.8. The van der Waals surface area contributed by atoms with E-state index in [0.29, 0.717) is 5.89 Å². The highest BCUT2D eigenvalue weighted by Crippen LogP contribution is 2.41. The largest absolute Gasteiger partial charge is 0.436 e. The lowest BCUT2D eigenvalue weighted by atomic mass is 10.0. The Kier molecular flexibility index (Phi) is 6.28. The molecule has 49 heavy (non-hydrogen) atoms. The highest BCUT2D eigenvalue weighted by Gasteiger charge is 2.20. The maximum Gasteiger partial charge on any atom is 0.227 e. The topological polar surface area (TPSA) is 34.2 Å². The maximum absolute atomic E-state index is 6.08. The Balaban J connectivity index is 1.04. The number of hydrogen-bond acceptors (Lipinski definition) is 3. The standard InChI is InChI=1S/C45H31N3O/c1-4-13-42-39(10-1)40-11-2-5-14-43(40)48(42)38-26-24-37(25-27-38)47(35-20-16-30(17-21-35)34-28-32-8-7-9-33(32)29-34)36-22-18-31(19-23-36)45-46-41-12-3-6-15-44(41)49-45/h1-8,10-27,29H,9,28H2. The minimum atomic E-state index is 0.624.